The van der Waals surface area contributed by atoms with Crippen molar-refractivity contribution in [1.82, 2.24) is 0 Å². The number of hydrogen-bond acceptors (Lipinski definition) is 2. The van der Waals surface area contributed by atoms with E-state index in [0.29, 0.717) is 27.1 Å². The van der Waals surface area contributed by atoms with E-state index in [0.717, 1.165) is 48.3 Å². The highest BCUT2D eigenvalue weighted by atomic mass is 32.2. The van der Waals surface area contributed by atoms with Gasteiger partial charge in [-0.05, 0) is 111 Å². The number of carbonyl (C=O) groups excluding carboxylic acids is 1. The molecule has 0 aromatic rings. The molecule has 0 aliphatic heterocycles. The molecule has 0 heterocycles. The largest absolute Gasteiger partial charge is 0.287 e. The van der Waals surface area contributed by atoms with Gasteiger partial charge in [0.2, 0.25) is 0 Å². The first-order valence-electron chi connectivity index (χ1n) is 16.1. The number of thioether (sulfide) groups is 1. The molecule has 0 unspecified atom stereocenters. The Labute approximate surface area is 227 Å². The topological polar surface area (TPSA) is 17.1 Å². The summed E-state index contributed by atoms with van der Waals surface area (Å²) in [5.41, 5.74) is 2.75. The standard InChI is InChI=1S/C34H56OS/c1-23(2)10-9-11-24(3)29-16-17-30-28-15-14-26-22-27(36-32(35)25-12-7-6-8-13-25)18-20-33(26,4)31(28)19-21-34(29,30)5/h14,23-25,27-31H,6-13,15-22H2,1-5H3/t24-,27+,28-,29+,30-,31-,33+,34+/m1/s1. The average Bonchev–Trinajstić information content (AvgIpc) is 3.22. The van der Waals surface area contributed by atoms with Crippen LogP contribution in [0.25, 0.3) is 0 Å². The van der Waals surface area contributed by atoms with Crippen LogP contribution < -0.4 is 0 Å². The quantitative estimate of drug-likeness (QED) is 0.316. The van der Waals surface area contributed by atoms with Crippen molar-refractivity contribution in [2.45, 2.75) is 143 Å². The summed E-state index contributed by atoms with van der Waals surface area (Å²) in [4.78, 5) is 13.0. The van der Waals surface area contributed by atoms with Crippen molar-refractivity contribution in [2.24, 2.45) is 52.3 Å². The van der Waals surface area contributed by atoms with Crippen molar-refractivity contribution >= 4 is 16.9 Å². The average molecular weight is 513 g/mol. The van der Waals surface area contributed by atoms with Crippen LogP contribution in [-0.2, 0) is 4.79 Å². The van der Waals surface area contributed by atoms with Crippen LogP contribution in [0, 0.1) is 52.3 Å². The summed E-state index contributed by atoms with van der Waals surface area (Å²) in [6.45, 7) is 12.7. The van der Waals surface area contributed by atoms with Crippen LogP contribution in [0.1, 0.15) is 137 Å². The lowest BCUT2D eigenvalue weighted by Crippen LogP contribution is -2.50. The summed E-state index contributed by atoms with van der Waals surface area (Å²) >= 11 is 1.76. The van der Waals surface area contributed by atoms with Crippen LogP contribution in [0.15, 0.2) is 11.6 Å². The molecule has 0 aromatic carbocycles. The van der Waals surface area contributed by atoms with Gasteiger partial charge in [0.05, 0.1) is 0 Å². The van der Waals surface area contributed by atoms with Gasteiger partial charge in [-0.2, -0.15) is 0 Å². The van der Waals surface area contributed by atoms with E-state index in [1.165, 1.54) is 89.9 Å². The minimum atomic E-state index is 0.362. The maximum Gasteiger partial charge on any atom is 0.192 e. The fourth-order valence-corrected chi connectivity index (χ4v) is 11.6. The molecule has 8 atom stereocenters. The molecular weight excluding hydrogens is 456 g/mol. The molecule has 204 valence electrons. The molecule has 5 aliphatic rings. The Kier molecular flexibility index (Phi) is 8.42. The van der Waals surface area contributed by atoms with Crippen LogP contribution >= 0.6 is 11.8 Å². The number of rotatable bonds is 7. The van der Waals surface area contributed by atoms with Crippen molar-refractivity contribution in [3.05, 3.63) is 11.6 Å². The highest BCUT2D eigenvalue weighted by Gasteiger charge is 2.59. The van der Waals surface area contributed by atoms with E-state index in [9.17, 15) is 4.79 Å². The van der Waals surface area contributed by atoms with Crippen LogP contribution in [-0.4, -0.2) is 10.4 Å². The van der Waals surface area contributed by atoms with Gasteiger partial charge >= 0.3 is 0 Å². The van der Waals surface area contributed by atoms with Gasteiger partial charge < -0.3 is 0 Å². The summed E-state index contributed by atoms with van der Waals surface area (Å²) in [5, 5.41) is 1.08. The SMILES string of the molecule is CC(C)CCC[C@@H](C)[C@@H]1CC[C@@H]2[C@H]3CC=C4C[C@@H](SC(=O)C5CCCCC5)CC[C@]4(C)[C@@H]3CC[C@]21C. The first kappa shape index (κ1) is 27.3. The Bertz CT molecular complexity index is 808. The van der Waals surface area contributed by atoms with E-state index in [2.05, 4.69) is 40.7 Å². The number of fused-ring (bicyclic) bond motifs is 5. The molecule has 0 radical (unpaired) electrons. The van der Waals surface area contributed by atoms with E-state index in [4.69, 9.17) is 0 Å². The molecular formula is C34H56OS. The van der Waals surface area contributed by atoms with Crippen molar-refractivity contribution in [1.29, 1.82) is 0 Å². The second-order valence-corrected chi connectivity index (χ2v) is 16.2. The number of allylic oxidation sites excluding steroid dienone is 2. The molecule has 4 saturated carbocycles. The van der Waals surface area contributed by atoms with Crippen molar-refractivity contribution in [2.75, 3.05) is 0 Å². The van der Waals surface area contributed by atoms with Gasteiger partial charge in [0, 0.05) is 11.2 Å². The highest BCUT2D eigenvalue weighted by Crippen LogP contribution is 2.67. The van der Waals surface area contributed by atoms with Gasteiger partial charge in [0.25, 0.3) is 0 Å². The van der Waals surface area contributed by atoms with Crippen molar-refractivity contribution in [3.63, 3.8) is 0 Å². The number of carbonyl (C=O) groups is 1. The van der Waals surface area contributed by atoms with Crippen LogP contribution in [0.3, 0.4) is 0 Å². The zero-order valence-electron chi connectivity index (χ0n) is 24.3. The Hall–Kier alpha value is -0.240. The second-order valence-electron chi connectivity index (χ2n) is 14.9. The molecule has 36 heavy (non-hydrogen) atoms. The Morgan fingerprint density at radius 1 is 0.944 bits per heavy atom. The highest BCUT2D eigenvalue weighted by molar-refractivity contribution is 8.14. The van der Waals surface area contributed by atoms with Crippen LogP contribution in [0.4, 0.5) is 0 Å². The molecule has 0 amide bonds. The second kappa shape index (κ2) is 11.1. The predicted octanol–water partition coefficient (Wildman–Crippen LogP) is 10.2. The smallest absolute Gasteiger partial charge is 0.192 e. The molecule has 0 saturated heterocycles. The molecule has 0 aromatic heterocycles. The molecule has 0 spiro atoms. The van der Waals surface area contributed by atoms with E-state index in [-0.39, 0.29) is 0 Å². The number of hydrogen-bond donors (Lipinski definition) is 0. The summed E-state index contributed by atoms with van der Waals surface area (Å²) < 4.78 is 0. The molecule has 5 aliphatic carbocycles. The van der Waals surface area contributed by atoms with Gasteiger partial charge in [0.1, 0.15) is 0 Å². The monoisotopic (exact) mass is 512 g/mol. The predicted molar refractivity (Wildman–Crippen MR) is 156 cm³/mol. The normalized spacial score (nSPS) is 41.8. The molecule has 1 nitrogen and oxygen atoms in total. The third-order valence-electron chi connectivity index (χ3n) is 12.5. The van der Waals surface area contributed by atoms with Crippen molar-refractivity contribution < 1.29 is 4.79 Å². The van der Waals surface area contributed by atoms with Crippen molar-refractivity contribution in [3.8, 4) is 0 Å². The van der Waals surface area contributed by atoms with Gasteiger partial charge in [-0.15, -0.1) is 0 Å². The molecule has 4 fully saturated rings. The summed E-state index contributed by atoms with van der Waals surface area (Å²) in [6, 6.07) is 0. The maximum atomic E-state index is 13.0. The molecule has 2 heteroatoms. The van der Waals surface area contributed by atoms with E-state index in [1.807, 2.05) is 0 Å². The van der Waals surface area contributed by atoms with E-state index >= 15 is 0 Å². The van der Waals surface area contributed by atoms with Crippen LogP contribution in [0.5, 0.6) is 0 Å². The van der Waals surface area contributed by atoms with Crippen LogP contribution in [0.2, 0.25) is 0 Å². The van der Waals surface area contributed by atoms with E-state index in [1.54, 1.807) is 17.3 Å². The Morgan fingerprint density at radius 2 is 1.72 bits per heavy atom. The fourth-order valence-electron chi connectivity index (χ4n) is 10.4. The third-order valence-corrected chi connectivity index (χ3v) is 13.8. The molecule has 0 bridgehead atoms. The fraction of sp³-hybridized carbons (Fsp3) is 0.912. The first-order chi connectivity index (χ1) is 17.2. The Morgan fingerprint density at radius 3 is 2.47 bits per heavy atom. The lowest BCUT2D eigenvalue weighted by molar-refractivity contribution is -0.115. The minimum Gasteiger partial charge on any atom is -0.287 e. The first-order valence-corrected chi connectivity index (χ1v) is 17.0. The zero-order valence-corrected chi connectivity index (χ0v) is 25.1. The van der Waals surface area contributed by atoms with Gasteiger partial charge in [0.15, 0.2) is 5.12 Å². The van der Waals surface area contributed by atoms with E-state index < -0.39 is 0 Å². The minimum absolute atomic E-state index is 0.362. The van der Waals surface area contributed by atoms with Gasteiger partial charge in [-0.1, -0.05) is 96.6 Å². The zero-order chi connectivity index (χ0) is 25.5. The summed E-state index contributed by atoms with van der Waals surface area (Å²) in [6.07, 6.45) is 24.2. The molecule has 0 N–H and O–H groups in total. The summed E-state index contributed by atoms with van der Waals surface area (Å²) in [5.74, 6) is 5.82. The van der Waals surface area contributed by atoms with Gasteiger partial charge in [-0.3, -0.25) is 4.79 Å². The molecule has 5 rings (SSSR count). The lowest BCUT2D eigenvalue weighted by Gasteiger charge is -2.58. The lowest BCUT2D eigenvalue weighted by atomic mass is 9.47. The third kappa shape index (κ3) is 5.16. The summed E-state index contributed by atoms with van der Waals surface area (Å²) in [7, 11) is 0. The van der Waals surface area contributed by atoms with Gasteiger partial charge in [-0.25, -0.2) is 0 Å². The maximum absolute atomic E-state index is 13.0. The Balaban J connectivity index is 1.23.